The van der Waals surface area contributed by atoms with Crippen molar-refractivity contribution in [2.24, 2.45) is 5.92 Å². The topological polar surface area (TPSA) is 122 Å². The number of hydrogen-bond donors (Lipinski definition) is 3. The van der Waals surface area contributed by atoms with Crippen molar-refractivity contribution in [3.8, 4) is 17.6 Å². The summed E-state index contributed by atoms with van der Waals surface area (Å²) in [6.07, 6.45) is 3.52. The fourth-order valence-corrected chi connectivity index (χ4v) is 3.50. The van der Waals surface area contributed by atoms with Crippen LogP contribution in [0.2, 0.25) is 0 Å². The van der Waals surface area contributed by atoms with Crippen molar-refractivity contribution >= 4 is 33.6 Å². The molecule has 1 aromatic carbocycles. The molecule has 3 rings (SSSR count). The van der Waals surface area contributed by atoms with Crippen LogP contribution in [-0.4, -0.2) is 39.4 Å². The number of carbonyl (C=O) groups is 1. The molecular weight excluding hydrogens is 366 g/mol. The van der Waals surface area contributed by atoms with Gasteiger partial charge in [0.05, 0.1) is 0 Å². The van der Waals surface area contributed by atoms with Gasteiger partial charge in [0, 0.05) is 13.1 Å². The SMILES string of the molecule is CC1CCN(c2nnc(NC(=O)/C(C#N)=C\c3ccc(O)c(O)c3)s2)CC1. The van der Waals surface area contributed by atoms with E-state index in [-0.39, 0.29) is 17.1 Å². The van der Waals surface area contributed by atoms with Crippen molar-refractivity contribution < 1.29 is 15.0 Å². The van der Waals surface area contributed by atoms with Gasteiger partial charge in [-0.05, 0) is 42.5 Å². The summed E-state index contributed by atoms with van der Waals surface area (Å²) >= 11 is 1.27. The van der Waals surface area contributed by atoms with Crippen LogP contribution < -0.4 is 10.2 Å². The van der Waals surface area contributed by atoms with Crippen molar-refractivity contribution in [2.45, 2.75) is 19.8 Å². The highest BCUT2D eigenvalue weighted by Gasteiger charge is 2.20. The van der Waals surface area contributed by atoms with Gasteiger partial charge < -0.3 is 15.1 Å². The predicted molar refractivity (Wildman–Crippen MR) is 103 cm³/mol. The molecule has 1 aliphatic heterocycles. The minimum Gasteiger partial charge on any atom is -0.504 e. The number of phenols is 2. The number of nitrogens with zero attached hydrogens (tertiary/aromatic N) is 4. The smallest absolute Gasteiger partial charge is 0.268 e. The van der Waals surface area contributed by atoms with E-state index in [4.69, 9.17) is 0 Å². The third kappa shape index (κ3) is 4.54. The van der Waals surface area contributed by atoms with Crippen LogP contribution in [0.15, 0.2) is 23.8 Å². The van der Waals surface area contributed by atoms with Gasteiger partial charge in [-0.3, -0.25) is 10.1 Å². The quantitative estimate of drug-likeness (QED) is 0.420. The zero-order valence-corrected chi connectivity index (χ0v) is 15.5. The van der Waals surface area contributed by atoms with Gasteiger partial charge in [-0.1, -0.05) is 24.3 Å². The maximum atomic E-state index is 12.3. The van der Waals surface area contributed by atoms with Crippen LogP contribution in [0.1, 0.15) is 25.3 Å². The molecule has 0 saturated carbocycles. The standard InChI is InChI=1S/C18H19N5O3S/c1-11-4-6-23(7-5-11)18-22-21-17(27-18)20-16(26)13(10-19)8-12-2-3-14(24)15(25)9-12/h2-3,8-9,11,24-25H,4-7H2,1H3,(H,20,21,26)/b13-8-. The number of carbonyl (C=O) groups excluding carboxylic acids is 1. The van der Waals surface area contributed by atoms with E-state index in [9.17, 15) is 20.3 Å². The molecule has 0 radical (unpaired) electrons. The summed E-state index contributed by atoms with van der Waals surface area (Å²) in [6.45, 7) is 4.06. The van der Waals surface area contributed by atoms with Gasteiger partial charge in [-0.15, -0.1) is 10.2 Å². The molecule has 1 amide bonds. The van der Waals surface area contributed by atoms with Gasteiger partial charge in [0.1, 0.15) is 11.6 Å². The summed E-state index contributed by atoms with van der Waals surface area (Å²) in [4.78, 5) is 14.5. The van der Waals surface area contributed by atoms with Crippen LogP contribution in [0, 0.1) is 17.2 Å². The Hall–Kier alpha value is -3.12. The van der Waals surface area contributed by atoms with E-state index in [1.165, 1.54) is 35.6 Å². The second-order valence-electron chi connectivity index (χ2n) is 6.43. The maximum Gasteiger partial charge on any atom is 0.268 e. The molecule has 3 N–H and O–H groups in total. The molecule has 1 aromatic heterocycles. The number of nitriles is 1. The Morgan fingerprint density at radius 2 is 2.07 bits per heavy atom. The highest BCUT2D eigenvalue weighted by molar-refractivity contribution is 7.19. The van der Waals surface area contributed by atoms with Crippen LogP contribution in [-0.2, 0) is 4.79 Å². The number of nitrogens with one attached hydrogen (secondary N) is 1. The van der Waals surface area contributed by atoms with Crippen molar-refractivity contribution in [3.05, 3.63) is 29.3 Å². The third-order valence-electron chi connectivity index (χ3n) is 4.36. The van der Waals surface area contributed by atoms with E-state index in [0.717, 1.165) is 31.1 Å². The molecule has 2 heterocycles. The number of hydrogen-bond acceptors (Lipinski definition) is 8. The predicted octanol–water partition coefficient (Wildman–Crippen LogP) is 2.73. The fourth-order valence-electron chi connectivity index (χ4n) is 2.70. The molecule has 0 unspecified atom stereocenters. The van der Waals surface area contributed by atoms with E-state index in [1.807, 2.05) is 6.07 Å². The maximum absolute atomic E-state index is 12.3. The minimum absolute atomic E-state index is 0.149. The molecule has 0 atom stereocenters. The fraction of sp³-hybridized carbons (Fsp3) is 0.333. The number of amides is 1. The Morgan fingerprint density at radius 3 is 2.74 bits per heavy atom. The number of aromatic nitrogens is 2. The molecule has 27 heavy (non-hydrogen) atoms. The summed E-state index contributed by atoms with van der Waals surface area (Å²) in [5.41, 5.74) is 0.265. The third-order valence-corrected chi connectivity index (χ3v) is 5.26. The molecule has 0 aliphatic carbocycles. The first-order chi connectivity index (χ1) is 13.0. The Morgan fingerprint density at radius 1 is 1.33 bits per heavy atom. The normalized spacial score (nSPS) is 15.4. The Kier molecular flexibility index (Phi) is 5.57. The average Bonchev–Trinajstić information content (AvgIpc) is 3.11. The van der Waals surface area contributed by atoms with Crippen molar-refractivity contribution in [2.75, 3.05) is 23.3 Å². The molecule has 8 nitrogen and oxygen atoms in total. The Labute approximate surface area is 160 Å². The van der Waals surface area contributed by atoms with Crippen LogP contribution in [0.4, 0.5) is 10.3 Å². The van der Waals surface area contributed by atoms with Gasteiger partial charge in [-0.2, -0.15) is 5.26 Å². The van der Waals surface area contributed by atoms with E-state index in [2.05, 4.69) is 27.3 Å². The van der Waals surface area contributed by atoms with Crippen LogP contribution in [0.5, 0.6) is 11.5 Å². The molecular formula is C18H19N5O3S. The lowest BCUT2D eigenvalue weighted by Gasteiger charge is -2.29. The second kappa shape index (κ2) is 8.05. The lowest BCUT2D eigenvalue weighted by molar-refractivity contribution is -0.112. The van der Waals surface area contributed by atoms with E-state index >= 15 is 0 Å². The van der Waals surface area contributed by atoms with Crippen LogP contribution in [0.25, 0.3) is 6.08 Å². The molecule has 0 spiro atoms. The number of anilines is 2. The van der Waals surface area contributed by atoms with Crippen molar-refractivity contribution in [1.82, 2.24) is 10.2 Å². The molecule has 1 saturated heterocycles. The summed E-state index contributed by atoms with van der Waals surface area (Å²) < 4.78 is 0. The number of piperidine rings is 1. The molecule has 9 heteroatoms. The number of phenolic OH excluding ortho intramolecular Hbond substituents is 2. The highest BCUT2D eigenvalue weighted by atomic mass is 32.1. The second-order valence-corrected chi connectivity index (χ2v) is 7.39. The first-order valence-electron chi connectivity index (χ1n) is 8.50. The lowest BCUT2D eigenvalue weighted by atomic mass is 10.00. The minimum atomic E-state index is -0.611. The Bertz CT molecular complexity index is 910. The van der Waals surface area contributed by atoms with E-state index in [0.29, 0.717) is 16.6 Å². The van der Waals surface area contributed by atoms with Crippen LogP contribution >= 0.6 is 11.3 Å². The van der Waals surface area contributed by atoms with Gasteiger partial charge in [0.25, 0.3) is 5.91 Å². The largest absolute Gasteiger partial charge is 0.504 e. The number of aromatic hydroxyl groups is 2. The number of rotatable bonds is 4. The van der Waals surface area contributed by atoms with Crippen LogP contribution in [0.3, 0.4) is 0 Å². The first kappa shape index (κ1) is 18.7. The summed E-state index contributed by atoms with van der Waals surface area (Å²) in [5.74, 6) is -0.509. The van der Waals surface area contributed by atoms with Gasteiger partial charge in [0.15, 0.2) is 11.5 Å². The Balaban J connectivity index is 1.69. The zero-order valence-electron chi connectivity index (χ0n) is 14.7. The van der Waals surface area contributed by atoms with Gasteiger partial charge >= 0.3 is 0 Å². The summed E-state index contributed by atoms with van der Waals surface area (Å²) in [6, 6.07) is 5.86. The first-order valence-corrected chi connectivity index (χ1v) is 9.31. The summed E-state index contributed by atoms with van der Waals surface area (Å²) in [5, 5.41) is 39.9. The lowest BCUT2D eigenvalue weighted by Crippen LogP contribution is -2.32. The van der Waals surface area contributed by atoms with Crippen molar-refractivity contribution in [3.63, 3.8) is 0 Å². The average molecular weight is 385 g/mol. The van der Waals surface area contributed by atoms with E-state index in [1.54, 1.807) is 0 Å². The molecule has 1 aliphatic rings. The van der Waals surface area contributed by atoms with Crippen molar-refractivity contribution in [1.29, 1.82) is 5.26 Å². The molecule has 0 bridgehead atoms. The van der Waals surface area contributed by atoms with E-state index < -0.39 is 5.91 Å². The molecule has 140 valence electrons. The molecule has 1 fully saturated rings. The van der Waals surface area contributed by atoms with Gasteiger partial charge in [-0.25, -0.2) is 0 Å². The monoisotopic (exact) mass is 385 g/mol. The number of benzene rings is 1. The zero-order chi connectivity index (χ0) is 19.4. The van der Waals surface area contributed by atoms with Gasteiger partial charge in [0.2, 0.25) is 10.3 Å². The molecule has 2 aromatic rings. The summed E-state index contributed by atoms with van der Waals surface area (Å²) in [7, 11) is 0. The highest BCUT2D eigenvalue weighted by Crippen LogP contribution is 2.29.